The minimum Gasteiger partial charge on any atom is -0.417 e. The van der Waals surface area contributed by atoms with Gasteiger partial charge >= 0.3 is 0 Å². The Morgan fingerprint density at radius 2 is 1.23 bits per heavy atom. The Labute approximate surface area is 191 Å². The molecule has 0 saturated carbocycles. The van der Waals surface area contributed by atoms with Crippen LogP contribution in [0.5, 0.6) is 0 Å². The van der Waals surface area contributed by atoms with Gasteiger partial charge in [0.15, 0.2) is 8.32 Å². The molecule has 0 aliphatic carbocycles. The summed E-state index contributed by atoms with van der Waals surface area (Å²) in [7, 11) is -1.67. The summed E-state index contributed by atoms with van der Waals surface area (Å²) in [4.78, 5) is 2.52. The van der Waals surface area contributed by atoms with Gasteiger partial charge in [-0.3, -0.25) is 4.90 Å². The van der Waals surface area contributed by atoms with Crippen molar-refractivity contribution in [2.75, 3.05) is 19.8 Å². The zero-order chi connectivity index (χ0) is 23.0. The van der Waals surface area contributed by atoms with E-state index in [1.165, 1.54) is 11.1 Å². The summed E-state index contributed by atoms with van der Waals surface area (Å²) in [5, 5.41) is 0.255. The molecule has 0 bridgehead atoms. The van der Waals surface area contributed by atoms with Crippen molar-refractivity contribution in [2.45, 2.75) is 77.8 Å². The molecule has 2 rings (SSSR count). The number of ether oxygens (including phenoxy) is 1. The van der Waals surface area contributed by atoms with Crippen LogP contribution in [0.3, 0.4) is 0 Å². The molecule has 3 nitrogen and oxygen atoms in total. The van der Waals surface area contributed by atoms with Gasteiger partial charge in [0.2, 0.25) is 0 Å². The summed E-state index contributed by atoms with van der Waals surface area (Å²) < 4.78 is 12.4. The van der Waals surface area contributed by atoms with Crippen LogP contribution >= 0.6 is 0 Å². The summed E-state index contributed by atoms with van der Waals surface area (Å²) in [6.45, 7) is 20.1. The minimum absolute atomic E-state index is 0.0774. The maximum atomic E-state index is 6.28. The van der Waals surface area contributed by atoms with Gasteiger partial charge in [0.1, 0.15) is 0 Å². The Hall–Kier alpha value is -1.46. The minimum atomic E-state index is -1.67. The van der Waals surface area contributed by atoms with Gasteiger partial charge in [-0.2, -0.15) is 0 Å². The van der Waals surface area contributed by atoms with E-state index in [1.54, 1.807) is 0 Å². The van der Waals surface area contributed by atoms with Crippen molar-refractivity contribution in [1.82, 2.24) is 4.90 Å². The summed E-state index contributed by atoms with van der Waals surface area (Å²) >= 11 is 0. The van der Waals surface area contributed by atoms with Crippen molar-refractivity contribution < 1.29 is 9.16 Å². The molecule has 2 aromatic carbocycles. The van der Waals surface area contributed by atoms with Crippen LogP contribution in [0.4, 0.5) is 0 Å². The van der Waals surface area contributed by atoms with Gasteiger partial charge in [0.25, 0.3) is 0 Å². The first-order chi connectivity index (χ1) is 14.5. The molecule has 0 fully saturated rings. The number of rotatable bonds is 12. The summed E-state index contributed by atoms with van der Waals surface area (Å²) in [5.41, 5.74) is 2.58. The molecular weight excluding hydrogens is 398 g/mol. The first-order valence-corrected chi connectivity index (χ1v) is 14.5. The third kappa shape index (κ3) is 8.53. The molecule has 0 aliphatic heterocycles. The molecule has 31 heavy (non-hydrogen) atoms. The topological polar surface area (TPSA) is 21.7 Å². The van der Waals surface area contributed by atoms with Crippen LogP contribution in [0.15, 0.2) is 60.7 Å². The third-order valence-corrected chi connectivity index (χ3v) is 11.0. The fraction of sp³-hybridized carbons (Fsp3) is 0.556. The van der Waals surface area contributed by atoms with Crippen molar-refractivity contribution in [2.24, 2.45) is 0 Å². The van der Waals surface area contributed by atoms with E-state index >= 15 is 0 Å². The molecule has 0 heterocycles. The first kappa shape index (κ1) is 25.8. The van der Waals surface area contributed by atoms with Crippen LogP contribution in [0.1, 0.15) is 52.2 Å². The second kappa shape index (κ2) is 11.4. The lowest BCUT2D eigenvalue weighted by molar-refractivity contribution is -0.000818. The largest absolute Gasteiger partial charge is 0.417 e. The van der Waals surface area contributed by atoms with Gasteiger partial charge in [0, 0.05) is 31.8 Å². The number of hydrogen-bond donors (Lipinski definition) is 0. The lowest BCUT2D eigenvalue weighted by Gasteiger charge is -2.39. The number of benzene rings is 2. The van der Waals surface area contributed by atoms with Gasteiger partial charge in [-0.15, -0.1) is 0 Å². The van der Waals surface area contributed by atoms with Gasteiger partial charge in [0.05, 0.1) is 6.61 Å². The Bertz CT molecular complexity index is 712. The Balaban J connectivity index is 1.90. The molecule has 172 valence electrons. The summed E-state index contributed by atoms with van der Waals surface area (Å²) in [5.74, 6) is 0. The van der Waals surface area contributed by atoms with Crippen molar-refractivity contribution in [3.8, 4) is 0 Å². The number of nitrogens with zero attached hydrogens (tertiary/aromatic N) is 1. The van der Waals surface area contributed by atoms with Gasteiger partial charge in [-0.05, 0) is 49.5 Å². The van der Waals surface area contributed by atoms with E-state index in [0.717, 1.165) is 32.7 Å². The molecule has 4 heteroatoms. The standard InChI is InChI=1S/C27H43NO2Si/c1-26(2,3)31(6,7)30-20-14-19-29-23-27(4,5)28(21-24-15-10-8-11-16-24)22-25-17-12-9-13-18-25/h8-13,15-18H,14,19-23H2,1-7H3. The van der Waals surface area contributed by atoms with E-state index in [0.29, 0.717) is 6.61 Å². The highest BCUT2D eigenvalue weighted by Crippen LogP contribution is 2.36. The van der Waals surface area contributed by atoms with Crippen LogP contribution in [0.25, 0.3) is 0 Å². The fourth-order valence-electron chi connectivity index (χ4n) is 3.21. The maximum absolute atomic E-state index is 6.28. The van der Waals surface area contributed by atoms with Crippen molar-refractivity contribution in [3.63, 3.8) is 0 Å². The highest BCUT2D eigenvalue weighted by Gasteiger charge is 2.36. The normalized spacial score (nSPS) is 13.0. The zero-order valence-electron chi connectivity index (χ0n) is 20.8. The molecule has 0 spiro atoms. The van der Waals surface area contributed by atoms with Crippen LogP contribution < -0.4 is 0 Å². The third-order valence-electron chi connectivity index (χ3n) is 6.45. The smallest absolute Gasteiger partial charge is 0.191 e. The molecule has 0 atom stereocenters. The van der Waals surface area contributed by atoms with Crippen molar-refractivity contribution in [1.29, 1.82) is 0 Å². The molecule has 0 amide bonds. The summed E-state index contributed by atoms with van der Waals surface area (Å²) in [6.07, 6.45) is 0.944. The maximum Gasteiger partial charge on any atom is 0.191 e. The zero-order valence-corrected chi connectivity index (χ0v) is 21.8. The van der Waals surface area contributed by atoms with Crippen molar-refractivity contribution in [3.05, 3.63) is 71.8 Å². The summed E-state index contributed by atoms with van der Waals surface area (Å²) in [6, 6.07) is 21.4. The Kier molecular flexibility index (Phi) is 9.50. The Morgan fingerprint density at radius 1 is 0.742 bits per heavy atom. The van der Waals surface area contributed by atoms with Gasteiger partial charge in [-0.25, -0.2) is 0 Å². The molecule has 0 saturated heterocycles. The second-order valence-corrected chi connectivity index (χ2v) is 15.5. The Morgan fingerprint density at radius 3 is 1.68 bits per heavy atom. The molecule has 0 radical (unpaired) electrons. The van der Waals surface area contributed by atoms with E-state index < -0.39 is 8.32 Å². The molecule has 0 aliphatic rings. The van der Waals surface area contributed by atoms with Crippen molar-refractivity contribution >= 4 is 8.32 Å². The van der Waals surface area contributed by atoms with Crippen LogP contribution in [-0.4, -0.2) is 38.6 Å². The van der Waals surface area contributed by atoms with Crippen LogP contribution in [-0.2, 0) is 22.3 Å². The van der Waals surface area contributed by atoms with E-state index in [4.69, 9.17) is 9.16 Å². The molecule has 0 unspecified atom stereocenters. The molecular formula is C27H43NO2Si. The molecule has 0 aromatic heterocycles. The highest BCUT2D eigenvalue weighted by molar-refractivity contribution is 6.74. The van der Waals surface area contributed by atoms with E-state index in [9.17, 15) is 0 Å². The molecule has 2 aromatic rings. The fourth-order valence-corrected chi connectivity index (χ4v) is 4.30. The SMILES string of the molecule is CC(C)(COCCCO[Si](C)(C)C(C)(C)C)N(Cc1ccccc1)Cc1ccccc1. The highest BCUT2D eigenvalue weighted by atomic mass is 28.4. The average molecular weight is 442 g/mol. The molecule has 0 N–H and O–H groups in total. The van der Waals surface area contributed by atoms with E-state index in [2.05, 4.69) is 113 Å². The lowest BCUT2D eigenvalue weighted by atomic mass is 10.0. The average Bonchev–Trinajstić information content (AvgIpc) is 2.71. The van der Waals surface area contributed by atoms with Crippen LogP contribution in [0, 0.1) is 0 Å². The van der Waals surface area contributed by atoms with Gasteiger partial charge in [-0.1, -0.05) is 81.4 Å². The predicted molar refractivity (Wildman–Crippen MR) is 135 cm³/mol. The van der Waals surface area contributed by atoms with Gasteiger partial charge < -0.3 is 9.16 Å². The quantitative estimate of drug-likeness (QED) is 0.264. The number of hydrogen-bond acceptors (Lipinski definition) is 3. The lowest BCUT2D eigenvalue weighted by Crippen LogP contribution is -2.46. The second-order valence-electron chi connectivity index (χ2n) is 10.7. The van der Waals surface area contributed by atoms with E-state index in [-0.39, 0.29) is 10.6 Å². The predicted octanol–water partition coefficient (Wildman–Crippen LogP) is 6.90. The monoisotopic (exact) mass is 441 g/mol. The first-order valence-electron chi connectivity index (χ1n) is 11.6. The van der Waals surface area contributed by atoms with Crippen LogP contribution in [0.2, 0.25) is 18.1 Å². The van der Waals surface area contributed by atoms with E-state index in [1.807, 2.05) is 0 Å².